The molecule has 0 aliphatic rings. The Kier molecular flexibility index (Phi) is 4.67. The molecule has 0 amide bonds. The number of aromatic amines is 1. The summed E-state index contributed by atoms with van der Waals surface area (Å²) in [6, 6.07) is 21.5. The molecule has 0 spiro atoms. The molecule has 0 saturated carbocycles. The molecule has 0 aliphatic carbocycles. The van der Waals surface area contributed by atoms with Crippen LogP contribution in [-0.4, -0.2) is 13.4 Å². The molecule has 0 bridgehead atoms. The molecule has 0 aliphatic heterocycles. The van der Waals surface area contributed by atoms with E-state index >= 15 is 0 Å². The van der Waals surface area contributed by atoms with Crippen LogP contribution in [0.1, 0.15) is 5.56 Å². The van der Waals surface area contributed by atoms with Crippen molar-refractivity contribution in [3.8, 4) is 0 Å². The number of nitrogens with zero attached hydrogens (tertiary/aromatic N) is 2. The van der Waals surface area contributed by atoms with Crippen LogP contribution >= 0.6 is 0 Å². The molecular formula is C21H18N4O2S. The Bertz CT molecular complexity index is 1240. The van der Waals surface area contributed by atoms with Crippen molar-refractivity contribution < 1.29 is 8.42 Å². The number of aromatic nitrogens is 1. The topological polar surface area (TPSA) is 86.7 Å². The molecule has 1 aromatic heterocycles. The third kappa shape index (κ3) is 3.65. The number of H-pyrrole nitrogens is 1. The van der Waals surface area contributed by atoms with E-state index in [0.29, 0.717) is 16.9 Å². The standard InChI is InChI=1S/C21H18N4O2S/c1-15-10-12-17(13-11-15)28(26,27)25-19-9-5-8-18-20(14-22-21(18)19)24-23-16-6-3-2-4-7-16/h2-14,22,25H,1H3. The van der Waals surface area contributed by atoms with Crippen LogP contribution in [0.15, 0.2) is 94.1 Å². The molecule has 3 aromatic carbocycles. The summed E-state index contributed by atoms with van der Waals surface area (Å²) in [6.45, 7) is 1.91. The molecule has 1 heterocycles. The molecule has 6 nitrogen and oxygen atoms in total. The van der Waals surface area contributed by atoms with Crippen molar-refractivity contribution >= 4 is 38.0 Å². The van der Waals surface area contributed by atoms with Crippen LogP contribution in [-0.2, 0) is 10.0 Å². The SMILES string of the molecule is Cc1ccc(S(=O)(=O)Nc2cccc3c(N=Nc4ccccc4)c[nH]c23)cc1. The maximum atomic E-state index is 12.7. The second-order valence-electron chi connectivity index (χ2n) is 6.36. The molecule has 140 valence electrons. The predicted octanol–water partition coefficient (Wildman–Crippen LogP) is 5.69. The smallest absolute Gasteiger partial charge is 0.261 e. The number of fused-ring (bicyclic) bond motifs is 1. The third-order valence-corrected chi connectivity index (χ3v) is 5.68. The second kappa shape index (κ2) is 7.28. The number of hydrogen-bond donors (Lipinski definition) is 2. The zero-order chi connectivity index (χ0) is 19.6. The number of rotatable bonds is 5. The van der Waals surface area contributed by atoms with Gasteiger partial charge in [-0.15, -0.1) is 5.11 Å². The van der Waals surface area contributed by atoms with E-state index in [0.717, 1.165) is 16.6 Å². The van der Waals surface area contributed by atoms with E-state index in [9.17, 15) is 8.42 Å². The highest BCUT2D eigenvalue weighted by Crippen LogP contribution is 2.32. The zero-order valence-electron chi connectivity index (χ0n) is 15.1. The van der Waals surface area contributed by atoms with Crippen molar-refractivity contribution in [2.75, 3.05) is 4.72 Å². The molecule has 0 radical (unpaired) electrons. The first-order valence-electron chi connectivity index (χ1n) is 8.69. The third-order valence-electron chi connectivity index (χ3n) is 4.30. The van der Waals surface area contributed by atoms with Gasteiger partial charge in [0.05, 0.1) is 21.8 Å². The van der Waals surface area contributed by atoms with E-state index in [2.05, 4.69) is 19.9 Å². The lowest BCUT2D eigenvalue weighted by Crippen LogP contribution is -2.13. The van der Waals surface area contributed by atoms with Gasteiger partial charge in [-0.3, -0.25) is 4.72 Å². The summed E-state index contributed by atoms with van der Waals surface area (Å²) in [4.78, 5) is 3.31. The van der Waals surface area contributed by atoms with Crippen LogP contribution in [0.3, 0.4) is 0 Å². The quantitative estimate of drug-likeness (QED) is 0.429. The van der Waals surface area contributed by atoms with Gasteiger partial charge in [-0.25, -0.2) is 8.42 Å². The minimum atomic E-state index is -3.69. The first-order valence-corrected chi connectivity index (χ1v) is 10.2. The Hall–Kier alpha value is -3.45. The van der Waals surface area contributed by atoms with E-state index in [1.807, 2.05) is 43.3 Å². The number of nitrogens with one attached hydrogen (secondary N) is 2. The summed E-state index contributed by atoms with van der Waals surface area (Å²) >= 11 is 0. The van der Waals surface area contributed by atoms with Crippen molar-refractivity contribution in [2.45, 2.75) is 11.8 Å². The van der Waals surface area contributed by atoms with Crippen LogP contribution in [0.5, 0.6) is 0 Å². The van der Waals surface area contributed by atoms with Gasteiger partial charge in [0, 0.05) is 11.6 Å². The molecule has 28 heavy (non-hydrogen) atoms. The van der Waals surface area contributed by atoms with E-state index in [-0.39, 0.29) is 4.90 Å². The summed E-state index contributed by atoms with van der Waals surface area (Å²) in [5, 5.41) is 9.29. The molecule has 7 heteroatoms. The second-order valence-corrected chi connectivity index (χ2v) is 8.04. The number of azo groups is 1. The fourth-order valence-electron chi connectivity index (χ4n) is 2.83. The van der Waals surface area contributed by atoms with Crippen molar-refractivity contribution in [1.82, 2.24) is 4.98 Å². The van der Waals surface area contributed by atoms with Crippen molar-refractivity contribution in [1.29, 1.82) is 0 Å². The van der Waals surface area contributed by atoms with Crippen LogP contribution in [0.2, 0.25) is 0 Å². The van der Waals surface area contributed by atoms with Crippen LogP contribution in [0, 0.1) is 6.92 Å². The first-order chi connectivity index (χ1) is 13.5. The molecular weight excluding hydrogens is 372 g/mol. The molecule has 0 atom stereocenters. The van der Waals surface area contributed by atoms with E-state index < -0.39 is 10.0 Å². The van der Waals surface area contributed by atoms with Crippen molar-refractivity contribution in [2.24, 2.45) is 10.2 Å². The molecule has 4 aromatic rings. The number of sulfonamides is 1. The van der Waals surface area contributed by atoms with Gasteiger partial charge in [0.1, 0.15) is 5.69 Å². The van der Waals surface area contributed by atoms with Gasteiger partial charge >= 0.3 is 0 Å². The van der Waals surface area contributed by atoms with Crippen LogP contribution in [0.4, 0.5) is 17.1 Å². The van der Waals surface area contributed by atoms with Gasteiger partial charge in [0.25, 0.3) is 10.0 Å². The van der Waals surface area contributed by atoms with Crippen molar-refractivity contribution in [3.05, 3.63) is 84.6 Å². The minimum Gasteiger partial charge on any atom is -0.357 e. The summed E-state index contributed by atoms with van der Waals surface area (Å²) in [6.07, 6.45) is 1.71. The van der Waals surface area contributed by atoms with Gasteiger partial charge in [0.2, 0.25) is 0 Å². The average molecular weight is 390 g/mol. The molecule has 0 unspecified atom stereocenters. The van der Waals surface area contributed by atoms with Gasteiger partial charge in [0.15, 0.2) is 0 Å². The summed E-state index contributed by atoms with van der Waals surface area (Å²) in [5.74, 6) is 0. The van der Waals surface area contributed by atoms with E-state index in [1.54, 1.807) is 42.6 Å². The normalized spacial score (nSPS) is 11.9. The number of aryl methyl sites for hydroxylation is 1. The maximum Gasteiger partial charge on any atom is 0.261 e. The predicted molar refractivity (Wildman–Crippen MR) is 111 cm³/mol. The van der Waals surface area contributed by atoms with Gasteiger partial charge < -0.3 is 4.98 Å². The summed E-state index contributed by atoms with van der Waals surface area (Å²) in [5.41, 5.74) is 3.49. The lowest BCUT2D eigenvalue weighted by Gasteiger charge is -2.09. The van der Waals surface area contributed by atoms with Crippen LogP contribution < -0.4 is 4.72 Å². The Morgan fingerprint density at radius 1 is 0.857 bits per heavy atom. The highest BCUT2D eigenvalue weighted by Gasteiger charge is 2.16. The lowest BCUT2D eigenvalue weighted by molar-refractivity contribution is 0.601. The highest BCUT2D eigenvalue weighted by atomic mass is 32.2. The Morgan fingerprint density at radius 3 is 2.36 bits per heavy atom. The molecule has 0 saturated heterocycles. The molecule has 0 fully saturated rings. The fourth-order valence-corrected chi connectivity index (χ4v) is 3.91. The molecule has 2 N–H and O–H groups in total. The molecule has 4 rings (SSSR count). The van der Waals surface area contributed by atoms with Crippen LogP contribution in [0.25, 0.3) is 10.9 Å². The van der Waals surface area contributed by atoms with Crippen molar-refractivity contribution in [3.63, 3.8) is 0 Å². The highest BCUT2D eigenvalue weighted by molar-refractivity contribution is 7.92. The Morgan fingerprint density at radius 2 is 1.61 bits per heavy atom. The van der Waals surface area contributed by atoms with E-state index in [1.165, 1.54) is 0 Å². The van der Waals surface area contributed by atoms with E-state index in [4.69, 9.17) is 0 Å². The number of anilines is 1. The number of para-hydroxylation sites is 1. The number of benzene rings is 3. The maximum absolute atomic E-state index is 12.7. The summed E-state index contributed by atoms with van der Waals surface area (Å²) < 4.78 is 28.1. The zero-order valence-corrected chi connectivity index (χ0v) is 15.9. The number of hydrogen-bond acceptors (Lipinski definition) is 4. The van der Waals surface area contributed by atoms with Gasteiger partial charge in [-0.1, -0.05) is 48.0 Å². The fraction of sp³-hybridized carbons (Fsp3) is 0.0476. The minimum absolute atomic E-state index is 0.214. The average Bonchev–Trinajstić information content (AvgIpc) is 3.11. The van der Waals surface area contributed by atoms with Gasteiger partial charge in [-0.05, 0) is 37.3 Å². The monoisotopic (exact) mass is 390 g/mol. The first kappa shape index (κ1) is 17.9. The lowest BCUT2D eigenvalue weighted by atomic mass is 10.2. The summed E-state index contributed by atoms with van der Waals surface area (Å²) in [7, 11) is -3.69. The largest absolute Gasteiger partial charge is 0.357 e. The van der Waals surface area contributed by atoms with Gasteiger partial charge in [-0.2, -0.15) is 5.11 Å². The Balaban J connectivity index is 1.67. The Labute approximate surface area is 163 Å².